The zero-order valence-corrected chi connectivity index (χ0v) is 7.57. The maximum Gasteiger partial charge on any atom is 0.336 e. The standard InChI is InChI=1S/C8H12O5/c1-5(4-7(9)10)8(11)13-6(2)12-3/h6H,1,4H2,2-3H3,(H,9,10). The smallest absolute Gasteiger partial charge is 0.336 e. The molecule has 74 valence electrons. The highest BCUT2D eigenvalue weighted by molar-refractivity contribution is 5.92. The Kier molecular flexibility index (Phi) is 4.76. The number of esters is 1. The molecule has 0 aromatic rings. The largest absolute Gasteiger partial charge is 0.481 e. The average molecular weight is 188 g/mol. The number of carbonyl (C=O) groups is 2. The Bertz CT molecular complexity index is 221. The van der Waals surface area contributed by atoms with E-state index in [9.17, 15) is 9.59 Å². The first-order valence-electron chi connectivity index (χ1n) is 3.60. The monoisotopic (exact) mass is 188 g/mol. The van der Waals surface area contributed by atoms with Crippen molar-refractivity contribution in [1.29, 1.82) is 0 Å². The van der Waals surface area contributed by atoms with Crippen LogP contribution < -0.4 is 0 Å². The fourth-order valence-corrected chi connectivity index (χ4v) is 0.537. The van der Waals surface area contributed by atoms with E-state index in [1.165, 1.54) is 14.0 Å². The van der Waals surface area contributed by atoms with E-state index in [-0.39, 0.29) is 5.57 Å². The highest BCUT2D eigenvalue weighted by Gasteiger charge is 2.14. The molecule has 1 unspecified atom stereocenters. The van der Waals surface area contributed by atoms with Crippen molar-refractivity contribution in [2.45, 2.75) is 19.6 Å². The van der Waals surface area contributed by atoms with Gasteiger partial charge in [0.15, 0.2) is 6.29 Å². The highest BCUT2D eigenvalue weighted by Crippen LogP contribution is 2.03. The van der Waals surface area contributed by atoms with E-state index in [1.54, 1.807) is 0 Å². The second kappa shape index (κ2) is 5.31. The van der Waals surface area contributed by atoms with E-state index in [1.807, 2.05) is 0 Å². The van der Waals surface area contributed by atoms with Gasteiger partial charge in [-0.25, -0.2) is 4.79 Å². The van der Waals surface area contributed by atoms with Gasteiger partial charge in [-0.05, 0) is 6.92 Å². The molecule has 0 spiro atoms. The molecule has 0 saturated heterocycles. The maximum atomic E-state index is 11.0. The first-order valence-corrected chi connectivity index (χ1v) is 3.60. The van der Waals surface area contributed by atoms with Gasteiger partial charge in [0.2, 0.25) is 0 Å². The lowest BCUT2D eigenvalue weighted by atomic mass is 10.2. The SMILES string of the molecule is C=C(CC(=O)O)C(=O)OC(C)OC. The number of carboxylic acids is 1. The van der Waals surface area contributed by atoms with Crippen LogP contribution in [0.3, 0.4) is 0 Å². The first kappa shape index (κ1) is 11.6. The normalized spacial score (nSPS) is 11.8. The molecule has 0 aromatic heterocycles. The van der Waals surface area contributed by atoms with Crippen molar-refractivity contribution in [3.8, 4) is 0 Å². The number of methoxy groups -OCH3 is 1. The molecule has 13 heavy (non-hydrogen) atoms. The predicted molar refractivity (Wildman–Crippen MR) is 44.0 cm³/mol. The third kappa shape index (κ3) is 4.97. The summed E-state index contributed by atoms with van der Waals surface area (Å²) in [7, 11) is 1.37. The Morgan fingerprint density at radius 1 is 1.54 bits per heavy atom. The quantitative estimate of drug-likeness (QED) is 0.387. The van der Waals surface area contributed by atoms with Crippen LogP contribution in [0, 0.1) is 0 Å². The van der Waals surface area contributed by atoms with E-state index < -0.39 is 24.6 Å². The lowest BCUT2D eigenvalue weighted by molar-refractivity contribution is -0.165. The second-order valence-corrected chi connectivity index (χ2v) is 2.38. The van der Waals surface area contributed by atoms with Crippen LogP contribution in [0.25, 0.3) is 0 Å². The molecule has 0 aliphatic carbocycles. The number of ether oxygens (including phenoxy) is 2. The molecule has 0 radical (unpaired) electrons. The number of rotatable bonds is 5. The summed E-state index contributed by atoms with van der Waals surface area (Å²) in [6.07, 6.45) is -1.12. The summed E-state index contributed by atoms with van der Waals surface area (Å²) >= 11 is 0. The van der Waals surface area contributed by atoms with Gasteiger partial charge in [0.05, 0.1) is 6.42 Å². The van der Waals surface area contributed by atoms with Crippen molar-refractivity contribution < 1.29 is 24.2 Å². The summed E-state index contributed by atoms with van der Waals surface area (Å²) < 4.78 is 9.28. The maximum absolute atomic E-state index is 11.0. The van der Waals surface area contributed by atoms with Crippen LogP contribution in [0.15, 0.2) is 12.2 Å². The minimum atomic E-state index is -1.12. The summed E-state index contributed by atoms with van der Waals surface area (Å²) in [6.45, 7) is 4.79. The molecule has 1 N–H and O–H groups in total. The van der Waals surface area contributed by atoms with Crippen LogP contribution in [-0.2, 0) is 19.1 Å². The van der Waals surface area contributed by atoms with Gasteiger partial charge in [-0.3, -0.25) is 4.79 Å². The summed E-state index contributed by atoms with van der Waals surface area (Å²) in [6, 6.07) is 0. The second-order valence-electron chi connectivity index (χ2n) is 2.38. The Hall–Kier alpha value is -1.36. The van der Waals surface area contributed by atoms with Crippen LogP contribution in [0.5, 0.6) is 0 Å². The van der Waals surface area contributed by atoms with Gasteiger partial charge in [-0.2, -0.15) is 0 Å². The lowest BCUT2D eigenvalue weighted by Crippen LogP contribution is -2.18. The van der Waals surface area contributed by atoms with E-state index >= 15 is 0 Å². The molecule has 0 bridgehead atoms. The molecule has 5 heteroatoms. The summed E-state index contributed by atoms with van der Waals surface area (Å²) in [4.78, 5) is 21.2. The molecule has 1 atom stereocenters. The molecular weight excluding hydrogens is 176 g/mol. The Balaban J connectivity index is 3.97. The predicted octanol–water partition coefficient (Wildman–Crippen LogP) is 0.553. The summed E-state index contributed by atoms with van der Waals surface area (Å²) in [5.74, 6) is -1.87. The first-order chi connectivity index (χ1) is 5.97. The number of carboxylic acid groups (broad SMARTS) is 1. The minimum Gasteiger partial charge on any atom is -0.481 e. The van der Waals surface area contributed by atoms with Gasteiger partial charge in [0.1, 0.15) is 0 Å². The molecule has 5 nitrogen and oxygen atoms in total. The van der Waals surface area contributed by atoms with E-state index in [0.29, 0.717) is 0 Å². The van der Waals surface area contributed by atoms with E-state index in [2.05, 4.69) is 16.1 Å². The van der Waals surface area contributed by atoms with Crippen molar-refractivity contribution in [1.82, 2.24) is 0 Å². The van der Waals surface area contributed by atoms with Gasteiger partial charge < -0.3 is 14.6 Å². The molecule has 0 rings (SSSR count). The minimum absolute atomic E-state index is 0.101. The molecule has 0 aliphatic heterocycles. The van der Waals surface area contributed by atoms with Crippen LogP contribution in [0.2, 0.25) is 0 Å². The Morgan fingerprint density at radius 3 is 2.46 bits per heavy atom. The zero-order valence-electron chi connectivity index (χ0n) is 7.57. The Morgan fingerprint density at radius 2 is 2.08 bits per heavy atom. The van der Waals surface area contributed by atoms with Crippen molar-refractivity contribution in [3.63, 3.8) is 0 Å². The lowest BCUT2D eigenvalue weighted by Gasteiger charge is -2.11. The van der Waals surface area contributed by atoms with Gasteiger partial charge >= 0.3 is 11.9 Å². The number of hydrogen-bond donors (Lipinski definition) is 1. The molecule has 0 heterocycles. The molecule has 0 saturated carbocycles. The molecular formula is C8H12O5. The fourth-order valence-electron chi connectivity index (χ4n) is 0.537. The molecule has 0 aliphatic rings. The third-order valence-electron chi connectivity index (χ3n) is 1.26. The highest BCUT2D eigenvalue weighted by atomic mass is 16.7. The van der Waals surface area contributed by atoms with Gasteiger partial charge in [-0.15, -0.1) is 0 Å². The average Bonchev–Trinajstić information content (AvgIpc) is 2.02. The van der Waals surface area contributed by atoms with Crippen LogP contribution in [0.4, 0.5) is 0 Å². The topological polar surface area (TPSA) is 72.8 Å². The third-order valence-corrected chi connectivity index (χ3v) is 1.26. The zero-order chi connectivity index (χ0) is 10.4. The number of carbonyl (C=O) groups excluding carboxylic acids is 1. The van der Waals surface area contributed by atoms with Gasteiger partial charge in [0.25, 0.3) is 0 Å². The Labute approximate surface area is 75.9 Å². The summed E-state index contributed by atoms with van der Waals surface area (Å²) in [5, 5.41) is 8.32. The number of hydrogen-bond acceptors (Lipinski definition) is 4. The molecule has 0 aromatic carbocycles. The van der Waals surface area contributed by atoms with Crippen molar-refractivity contribution >= 4 is 11.9 Å². The van der Waals surface area contributed by atoms with Gasteiger partial charge in [-0.1, -0.05) is 6.58 Å². The van der Waals surface area contributed by atoms with Gasteiger partial charge in [0, 0.05) is 12.7 Å². The van der Waals surface area contributed by atoms with Crippen LogP contribution >= 0.6 is 0 Å². The van der Waals surface area contributed by atoms with E-state index in [4.69, 9.17) is 5.11 Å². The van der Waals surface area contributed by atoms with Crippen LogP contribution in [0.1, 0.15) is 13.3 Å². The molecule has 0 amide bonds. The van der Waals surface area contributed by atoms with Crippen molar-refractivity contribution in [2.75, 3.05) is 7.11 Å². The molecule has 0 fully saturated rings. The van der Waals surface area contributed by atoms with Crippen LogP contribution in [-0.4, -0.2) is 30.4 Å². The van der Waals surface area contributed by atoms with E-state index in [0.717, 1.165) is 0 Å². The number of aliphatic carboxylic acids is 1. The van der Waals surface area contributed by atoms with Crippen molar-refractivity contribution in [2.24, 2.45) is 0 Å². The summed E-state index contributed by atoms with van der Waals surface area (Å²) in [5.41, 5.74) is -0.101. The van der Waals surface area contributed by atoms with Crippen molar-refractivity contribution in [3.05, 3.63) is 12.2 Å². The fraction of sp³-hybridized carbons (Fsp3) is 0.500.